The molecule has 9 heteroatoms. The summed E-state index contributed by atoms with van der Waals surface area (Å²) in [6.45, 7) is 1.47. The molecule has 0 fully saturated rings. The number of anilines is 1. The van der Waals surface area contributed by atoms with Gasteiger partial charge in [0.1, 0.15) is 5.75 Å². The molecule has 2 aromatic carbocycles. The predicted octanol–water partition coefficient (Wildman–Crippen LogP) is 4.65. The van der Waals surface area contributed by atoms with Crippen molar-refractivity contribution in [1.82, 2.24) is 19.7 Å². The summed E-state index contributed by atoms with van der Waals surface area (Å²) in [4.78, 5) is 15.7. The van der Waals surface area contributed by atoms with Crippen LogP contribution in [-0.2, 0) is 10.5 Å². The van der Waals surface area contributed by atoms with Crippen molar-refractivity contribution < 1.29 is 9.53 Å². The van der Waals surface area contributed by atoms with Crippen LogP contribution in [0.5, 0.6) is 5.75 Å². The van der Waals surface area contributed by atoms with Gasteiger partial charge in [0.05, 0.1) is 12.8 Å². The first kappa shape index (κ1) is 20.1. The number of carbonyl (C=O) groups is 1. The molecule has 4 rings (SSSR count). The number of thiazole rings is 1. The average Bonchev–Trinajstić information content (AvgIpc) is 3.39. The number of nitrogens with one attached hydrogen (secondary N) is 1. The van der Waals surface area contributed by atoms with Crippen LogP contribution in [0.15, 0.2) is 65.1 Å². The van der Waals surface area contributed by atoms with E-state index in [1.54, 1.807) is 18.9 Å². The van der Waals surface area contributed by atoms with Gasteiger partial charge in [0.2, 0.25) is 5.91 Å². The third-order valence-corrected chi connectivity index (χ3v) is 5.95. The molecule has 152 valence electrons. The molecule has 7 nitrogen and oxygen atoms in total. The first-order valence-electron chi connectivity index (χ1n) is 9.14. The molecule has 4 aromatic rings. The Labute approximate surface area is 182 Å². The minimum absolute atomic E-state index is 0.129. The van der Waals surface area contributed by atoms with Crippen LogP contribution in [0, 0.1) is 0 Å². The summed E-state index contributed by atoms with van der Waals surface area (Å²) >= 11 is 2.95. The van der Waals surface area contributed by atoms with E-state index < -0.39 is 0 Å². The molecular formula is C21H19N5O2S2. The van der Waals surface area contributed by atoms with Crippen LogP contribution in [0.4, 0.5) is 5.13 Å². The zero-order valence-corrected chi connectivity index (χ0v) is 18.0. The highest BCUT2D eigenvalue weighted by Crippen LogP contribution is 2.31. The van der Waals surface area contributed by atoms with E-state index in [2.05, 4.69) is 20.5 Å². The van der Waals surface area contributed by atoms with E-state index in [1.807, 2.05) is 64.5 Å². The van der Waals surface area contributed by atoms with Crippen molar-refractivity contribution in [3.05, 3.63) is 65.7 Å². The maximum absolute atomic E-state index is 11.2. The lowest BCUT2D eigenvalue weighted by Crippen LogP contribution is -2.05. The van der Waals surface area contributed by atoms with Crippen LogP contribution in [0.25, 0.3) is 17.1 Å². The summed E-state index contributed by atoms with van der Waals surface area (Å²) in [7, 11) is 1.65. The zero-order chi connectivity index (χ0) is 20.9. The van der Waals surface area contributed by atoms with Gasteiger partial charge in [-0.3, -0.25) is 9.36 Å². The molecule has 0 spiro atoms. The van der Waals surface area contributed by atoms with Crippen LogP contribution < -0.4 is 10.1 Å². The van der Waals surface area contributed by atoms with Gasteiger partial charge in [-0.1, -0.05) is 42.1 Å². The molecule has 2 aromatic heterocycles. The van der Waals surface area contributed by atoms with Gasteiger partial charge in [-0.25, -0.2) is 4.98 Å². The molecule has 1 N–H and O–H groups in total. The first-order chi connectivity index (χ1) is 14.6. The van der Waals surface area contributed by atoms with Crippen molar-refractivity contribution in [3.8, 4) is 22.8 Å². The highest BCUT2D eigenvalue weighted by molar-refractivity contribution is 7.98. The van der Waals surface area contributed by atoms with Crippen LogP contribution in [0.1, 0.15) is 12.6 Å². The summed E-state index contributed by atoms with van der Waals surface area (Å²) < 4.78 is 7.31. The second kappa shape index (κ2) is 9.10. The number of rotatable bonds is 7. The summed E-state index contributed by atoms with van der Waals surface area (Å²) in [6.07, 6.45) is 0. The lowest BCUT2D eigenvalue weighted by molar-refractivity contribution is -0.114. The quantitative estimate of drug-likeness (QED) is 0.424. The smallest absolute Gasteiger partial charge is 0.223 e. The Kier molecular flexibility index (Phi) is 6.10. The number of methoxy groups -OCH3 is 1. The molecule has 0 bridgehead atoms. The zero-order valence-electron chi connectivity index (χ0n) is 16.4. The fraction of sp³-hybridized carbons (Fsp3) is 0.143. The Hall–Kier alpha value is -3.17. The van der Waals surface area contributed by atoms with Crippen LogP contribution >= 0.6 is 23.1 Å². The third kappa shape index (κ3) is 4.52. The van der Waals surface area contributed by atoms with Crippen LogP contribution in [-0.4, -0.2) is 32.8 Å². The standard InChI is InChI=1S/C21H19N5O2S2/c1-14(27)22-20-23-16(12-29-20)13-30-21-25-24-19(15-6-4-3-5-7-15)26(21)17-8-10-18(28-2)11-9-17/h3-12H,13H2,1-2H3,(H,22,23,27). The van der Waals surface area contributed by atoms with E-state index in [9.17, 15) is 4.79 Å². The minimum Gasteiger partial charge on any atom is -0.497 e. The fourth-order valence-electron chi connectivity index (χ4n) is 2.82. The Bertz CT molecular complexity index is 1140. The van der Waals surface area contributed by atoms with E-state index in [0.29, 0.717) is 10.9 Å². The Morgan fingerprint density at radius 2 is 1.90 bits per heavy atom. The SMILES string of the molecule is COc1ccc(-n2c(SCc3csc(NC(C)=O)n3)nnc2-c2ccccc2)cc1. The molecule has 1 amide bonds. The van der Waals surface area contributed by atoms with E-state index in [4.69, 9.17) is 4.74 Å². The molecule has 30 heavy (non-hydrogen) atoms. The number of ether oxygens (including phenoxy) is 1. The summed E-state index contributed by atoms with van der Waals surface area (Å²) in [5, 5.41) is 14.9. The lowest BCUT2D eigenvalue weighted by Gasteiger charge is -2.11. The second-order valence-corrected chi connectivity index (χ2v) is 8.12. The maximum atomic E-state index is 11.2. The van der Waals surface area contributed by atoms with E-state index in [0.717, 1.165) is 33.7 Å². The van der Waals surface area contributed by atoms with Crippen LogP contribution in [0.3, 0.4) is 0 Å². The number of aromatic nitrogens is 4. The second-order valence-electron chi connectivity index (χ2n) is 6.32. The highest BCUT2D eigenvalue weighted by atomic mass is 32.2. The highest BCUT2D eigenvalue weighted by Gasteiger charge is 2.17. The van der Waals surface area contributed by atoms with E-state index in [1.165, 1.54) is 18.3 Å². The molecule has 2 heterocycles. The number of hydrogen-bond donors (Lipinski definition) is 1. The minimum atomic E-state index is -0.129. The maximum Gasteiger partial charge on any atom is 0.223 e. The third-order valence-electron chi connectivity index (χ3n) is 4.18. The van der Waals surface area contributed by atoms with Gasteiger partial charge in [-0.05, 0) is 24.3 Å². The number of benzene rings is 2. The number of thioether (sulfide) groups is 1. The van der Waals surface area contributed by atoms with Crippen molar-refractivity contribution >= 4 is 34.1 Å². The largest absolute Gasteiger partial charge is 0.497 e. The van der Waals surface area contributed by atoms with Crippen molar-refractivity contribution in [2.75, 3.05) is 12.4 Å². The molecule has 0 aliphatic heterocycles. The predicted molar refractivity (Wildman–Crippen MR) is 119 cm³/mol. The molecule has 0 aliphatic rings. The molecular weight excluding hydrogens is 418 g/mol. The van der Waals surface area contributed by atoms with Gasteiger partial charge < -0.3 is 10.1 Å². The van der Waals surface area contributed by atoms with Gasteiger partial charge in [0, 0.05) is 29.3 Å². The molecule has 0 aliphatic carbocycles. The molecule has 0 radical (unpaired) electrons. The van der Waals surface area contributed by atoms with Crippen molar-refractivity contribution in [1.29, 1.82) is 0 Å². The van der Waals surface area contributed by atoms with Gasteiger partial charge in [0.25, 0.3) is 0 Å². The number of hydrogen-bond acceptors (Lipinski definition) is 7. The molecule has 0 unspecified atom stereocenters. The number of carbonyl (C=O) groups excluding carboxylic acids is 1. The Morgan fingerprint density at radius 3 is 2.60 bits per heavy atom. The Morgan fingerprint density at radius 1 is 1.13 bits per heavy atom. The summed E-state index contributed by atoms with van der Waals surface area (Å²) in [5.74, 6) is 2.03. The van der Waals surface area contributed by atoms with Crippen molar-refractivity contribution in [2.24, 2.45) is 0 Å². The fourth-order valence-corrected chi connectivity index (χ4v) is 4.53. The molecule has 0 saturated carbocycles. The van der Waals surface area contributed by atoms with E-state index in [-0.39, 0.29) is 5.91 Å². The normalized spacial score (nSPS) is 10.7. The van der Waals surface area contributed by atoms with E-state index >= 15 is 0 Å². The number of amides is 1. The van der Waals surface area contributed by atoms with Gasteiger partial charge in [-0.15, -0.1) is 21.5 Å². The Balaban J connectivity index is 1.64. The topological polar surface area (TPSA) is 81.9 Å². The van der Waals surface area contributed by atoms with Crippen molar-refractivity contribution in [3.63, 3.8) is 0 Å². The van der Waals surface area contributed by atoms with Crippen molar-refractivity contribution in [2.45, 2.75) is 17.8 Å². The van der Waals surface area contributed by atoms with Gasteiger partial charge >= 0.3 is 0 Å². The first-order valence-corrected chi connectivity index (χ1v) is 11.0. The lowest BCUT2D eigenvalue weighted by atomic mass is 10.2. The molecule has 0 saturated heterocycles. The number of nitrogens with zero attached hydrogens (tertiary/aromatic N) is 4. The average molecular weight is 438 g/mol. The van der Waals surface area contributed by atoms with Crippen LogP contribution in [0.2, 0.25) is 0 Å². The summed E-state index contributed by atoms with van der Waals surface area (Å²) in [6, 6.07) is 17.8. The monoisotopic (exact) mass is 437 g/mol. The summed E-state index contributed by atoms with van der Waals surface area (Å²) in [5.41, 5.74) is 2.80. The van der Waals surface area contributed by atoms with Gasteiger partial charge in [0.15, 0.2) is 16.1 Å². The molecule has 0 atom stereocenters. The van der Waals surface area contributed by atoms with Gasteiger partial charge in [-0.2, -0.15) is 0 Å².